The molecule has 2 aliphatic carbocycles. The van der Waals surface area contributed by atoms with Gasteiger partial charge in [-0.25, -0.2) is 0 Å². The third-order valence-electron chi connectivity index (χ3n) is 8.09. The zero-order valence-electron chi connectivity index (χ0n) is 23.6. The molecule has 0 aromatic heterocycles. The number of hydrogen-bond donors (Lipinski definition) is 0. The van der Waals surface area contributed by atoms with Crippen LogP contribution in [0.25, 0.3) is 28.3 Å². The summed E-state index contributed by atoms with van der Waals surface area (Å²) >= 11 is -0.937. The predicted molar refractivity (Wildman–Crippen MR) is 155 cm³/mol. The molecule has 1 unspecified atom stereocenters. The minimum absolute atomic E-state index is 0. The SMILES string of the molecule is CC(C)(C)c1ccc2c(c1)[CH]([Zr+2][CH]1C=Cc3ccc(-c4ccccc4)cc31)c1cc(C(C)(C)C)ccc1-2.[Cl-].[Cl-]. The summed E-state index contributed by atoms with van der Waals surface area (Å²) in [6, 6.07) is 32.6. The van der Waals surface area contributed by atoms with Crippen molar-refractivity contribution in [2.75, 3.05) is 0 Å². The summed E-state index contributed by atoms with van der Waals surface area (Å²) in [5, 5.41) is 0. The molecule has 4 aromatic carbocycles. The number of allylic oxidation sites excluding steroid dienone is 1. The van der Waals surface area contributed by atoms with Gasteiger partial charge < -0.3 is 24.8 Å². The van der Waals surface area contributed by atoms with Crippen LogP contribution in [0.1, 0.15) is 82.2 Å². The maximum absolute atomic E-state index is 2.55. The zero-order chi connectivity index (χ0) is 25.9. The first kappa shape index (κ1) is 30.1. The molecule has 0 radical (unpaired) electrons. The Kier molecular flexibility index (Phi) is 8.60. The van der Waals surface area contributed by atoms with E-state index < -0.39 is 23.2 Å². The molecule has 0 fully saturated rings. The van der Waals surface area contributed by atoms with Gasteiger partial charge in [0.15, 0.2) is 0 Å². The van der Waals surface area contributed by atoms with Crippen molar-refractivity contribution in [3.63, 3.8) is 0 Å². The van der Waals surface area contributed by atoms with Crippen LogP contribution in [0.2, 0.25) is 0 Å². The second-order valence-electron chi connectivity index (χ2n) is 12.8. The number of rotatable bonds is 3. The smallest absolute Gasteiger partial charge is 1.00 e. The Bertz CT molecular complexity index is 1460. The molecule has 0 heterocycles. The van der Waals surface area contributed by atoms with E-state index >= 15 is 0 Å². The molecule has 0 nitrogen and oxygen atoms in total. The van der Waals surface area contributed by atoms with E-state index in [1.54, 1.807) is 16.7 Å². The van der Waals surface area contributed by atoms with Gasteiger partial charge in [0.25, 0.3) is 0 Å². The Morgan fingerprint density at radius 1 is 0.564 bits per heavy atom. The molecule has 1 atom stereocenters. The Balaban J connectivity index is 0.00000176. The summed E-state index contributed by atoms with van der Waals surface area (Å²) in [5.41, 5.74) is 14.9. The molecule has 0 saturated carbocycles. The van der Waals surface area contributed by atoms with Crippen molar-refractivity contribution in [3.05, 3.63) is 124 Å². The second-order valence-corrected chi connectivity index (χ2v) is 16.5. The van der Waals surface area contributed by atoms with Crippen LogP contribution in [-0.2, 0) is 34.1 Å². The average molecular weight is 631 g/mol. The number of fused-ring (bicyclic) bond motifs is 4. The van der Waals surface area contributed by atoms with E-state index in [-0.39, 0.29) is 35.6 Å². The Morgan fingerprint density at radius 2 is 1.13 bits per heavy atom. The summed E-state index contributed by atoms with van der Waals surface area (Å²) in [7, 11) is 0. The Hall–Kier alpha value is -1.92. The van der Waals surface area contributed by atoms with E-state index in [1.165, 1.54) is 38.9 Å². The third-order valence-corrected chi connectivity index (χ3v) is 12.6. The summed E-state index contributed by atoms with van der Waals surface area (Å²) in [4.78, 5) is 0. The topological polar surface area (TPSA) is 0 Å². The molecule has 0 aliphatic heterocycles. The van der Waals surface area contributed by atoms with Gasteiger partial charge in [-0.05, 0) is 0 Å². The van der Waals surface area contributed by atoms with Crippen LogP contribution in [0.4, 0.5) is 0 Å². The molecule has 6 rings (SSSR count). The van der Waals surface area contributed by atoms with Crippen LogP contribution in [0.5, 0.6) is 0 Å². The molecule has 39 heavy (non-hydrogen) atoms. The van der Waals surface area contributed by atoms with Crippen LogP contribution in [0, 0.1) is 0 Å². The number of halogens is 2. The van der Waals surface area contributed by atoms with Gasteiger partial charge in [0.1, 0.15) is 0 Å². The minimum Gasteiger partial charge on any atom is -1.00 e. The van der Waals surface area contributed by atoms with Crippen LogP contribution in [0.15, 0.2) is 91.0 Å². The van der Waals surface area contributed by atoms with Crippen molar-refractivity contribution in [1.29, 1.82) is 0 Å². The summed E-state index contributed by atoms with van der Waals surface area (Å²) < 4.78 is 1.15. The molecule has 0 N–H and O–H groups in total. The van der Waals surface area contributed by atoms with Crippen molar-refractivity contribution in [1.82, 2.24) is 0 Å². The Labute approximate surface area is 258 Å². The maximum atomic E-state index is 2.55. The van der Waals surface area contributed by atoms with Crippen LogP contribution >= 0.6 is 0 Å². The van der Waals surface area contributed by atoms with Crippen molar-refractivity contribution in [2.45, 2.75) is 59.6 Å². The van der Waals surface area contributed by atoms with Gasteiger partial charge in [0.05, 0.1) is 0 Å². The fourth-order valence-electron chi connectivity index (χ4n) is 5.81. The fraction of sp³-hybridized carbons (Fsp3) is 0.278. The molecule has 4 aromatic rings. The molecular formula is C36H36Cl2Zr. The number of benzene rings is 4. The molecule has 0 amide bonds. The first-order chi connectivity index (χ1) is 17.6. The fourth-order valence-corrected chi connectivity index (χ4v) is 10.3. The minimum atomic E-state index is -0.937. The molecule has 2 aliphatic rings. The molecular weight excluding hydrogens is 595 g/mol. The molecule has 0 spiro atoms. The maximum Gasteiger partial charge on any atom is -1.00 e. The monoisotopic (exact) mass is 628 g/mol. The van der Waals surface area contributed by atoms with Gasteiger partial charge >= 0.3 is 236 Å². The number of hydrogen-bond acceptors (Lipinski definition) is 0. The third kappa shape index (κ3) is 5.66. The average Bonchev–Trinajstić information content (AvgIpc) is 3.41. The van der Waals surface area contributed by atoms with Crippen LogP contribution in [-0.4, -0.2) is 0 Å². The molecule has 198 valence electrons. The van der Waals surface area contributed by atoms with Crippen molar-refractivity contribution in [2.24, 2.45) is 0 Å². The van der Waals surface area contributed by atoms with E-state index in [0.29, 0.717) is 7.25 Å². The Morgan fingerprint density at radius 3 is 1.67 bits per heavy atom. The zero-order valence-corrected chi connectivity index (χ0v) is 27.6. The van der Waals surface area contributed by atoms with Gasteiger partial charge in [-0.1, -0.05) is 0 Å². The van der Waals surface area contributed by atoms with Gasteiger partial charge in [-0.15, -0.1) is 0 Å². The van der Waals surface area contributed by atoms with Crippen molar-refractivity contribution >= 4 is 6.08 Å². The second kappa shape index (κ2) is 11.2. The van der Waals surface area contributed by atoms with E-state index in [4.69, 9.17) is 0 Å². The predicted octanol–water partition coefficient (Wildman–Crippen LogP) is 3.88. The van der Waals surface area contributed by atoms with Crippen LogP contribution < -0.4 is 24.8 Å². The van der Waals surface area contributed by atoms with E-state index in [2.05, 4.69) is 139 Å². The van der Waals surface area contributed by atoms with E-state index in [1.807, 2.05) is 0 Å². The first-order valence-corrected chi connectivity index (χ1v) is 16.4. The van der Waals surface area contributed by atoms with Gasteiger partial charge in [-0.2, -0.15) is 0 Å². The van der Waals surface area contributed by atoms with E-state index in [9.17, 15) is 0 Å². The summed E-state index contributed by atoms with van der Waals surface area (Å²) in [5.74, 6) is 0. The summed E-state index contributed by atoms with van der Waals surface area (Å²) in [6.45, 7) is 14.0. The van der Waals surface area contributed by atoms with Crippen molar-refractivity contribution < 1.29 is 48.0 Å². The quantitative estimate of drug-likeness (QED) is 0.323. The largest absolute Gasteiger partial charge is 1.00 e. The molecule has 3 heteroatoms. The van der Waals surface area contributed by atoms with Crippen molar-refractivity contribution in [3.8, 4) is 22.3 Å². The molecule has 0 saturated heterocycles. The first-order valence-electron chi connectivity index (χ1n) is 13.5. The van der Waals surface area contributed by atoms with Gasteiger partial charge in [0, 0.05) is 0 Å². The normalized spacial score (nSPS) is 15.5. The van der Waals surface area contributed by atoms with E-state index in [0.717, 1.165) is 0 Å². The van der Waals surface area contributed by atoms with Gasteiger partial charge in [-0.3, -0.25) is 0 Å². The summed E-state index contributed by atoms with van der Waals surface area (Å²) in [6.07, 6.45) is 4.90. The molecule has 0 bridgehead atoms. The van der Waals surface area contributed by atoms with Crippen LogP contribution in [0.3, 0.4) is 0 Å². The standard InChI is InChI=1S/C21H25.C15H11.2ClH.Zr/c1-20(2,3)16-7-9-18-14(12-16)11-15-13-17(21(4,5)6)8-10-19(15)18;1-2-5-12(6-3-1)15-10-9-13-7-4-8-14(13)11-15;;;/h7-13H,1-6H3;1-11H;2*1H;/q;;;;+2/p-2. The van der Waals surface area contributed by atoms with Gasteiger partial charge in [0.2, 0.25) is 0 Å².